The molecule has 0 N–H and O–H groups in total. The Morgan fingerprint density at radius 1 is 1.89 bits per heavy atom. The van der Waals surface area contributed by atoms with Crippen LogP contribution >= 0.6 is 0 Å². The molecule has 0 aliphatic heterocycles. The molecule has 0 amide bonds. The number of nitrogens with zero attached hydrogens (tertiary/aromatic N) is 1. The number of hydrogen-bond acceptors (Lipinski definition) is 1. The van der Waals surface area contributed by atoms with Crippen LogP contribution in [0.1, 0.15) is 13.3 Å². The Morgan fingerprint density at radius 3 is 2.89 bits per heavy atom. The predicted molar refractivity (Wildman–Crippen MR) is 36.6 cm³/mol. The summed E-state index contributed by atoms with van der Waals surface area (Å²) in [6.45, 7) is 5.65. The van der Waals surface area contributed by atoms with Gasteiger partial charge in [0.25, 0.3) is 0 Å². The van der Waals surface area contributed by atoms with Crippen LogP contribution in [0.25, 0.3) is 0 Å². The average molecular weight is 119 g/mol. The van der Waals surface area contributed by atoms with Crippen molar-refractivity contribution < 1.29 is 0 Å². The molecular weight excluding hydrogens is 110 g/mol. The van der Waals surface area contributed by atoms with Crippen LogP contribution in [-0.2, 0) is 0 Å². The van der Waals surface area contributed by atoms with Crippen LogP contribution in [0.4, 0.5) is 0 Å². The van der Waals surface area contributed by atoms with Crippen molar-refractivity contribution in [1.82, 2.24) is 0 Å². The maximum Gasteiger partial charge on any atom is 0.0947 e. The van der Waals surface area contributed by atoms with Gasteiger partial charge >= 0.3 is 0 Å². The van der Waals surface area contributed by atoms with E-state index in [-0.39, 0.29) is 0 Å². The van der Waals surface area contributed by atoms with Crippen molar-refractivity contribution >= 4 is 0 Å². The summed E-state index contributed by atoms with van der Waals surface area (Å²) < 4.78 is 0. The monoisotopic (exact) mass is 119 g/mol. The maximum absolute atomic E-state index is 8.43. The van der Waals surface area contributed by atoms with Crippen LogP contribution in [-0.4, -0.2) is 0 Å². The fourth-order valence-electron chi connectivity index (χ4n) is 1.02. The molecule has 0 aromatic carbocycles. The van der Waals surface area contributed by atoms with E-state index in [4.69, 9.17) is 5.26 Å². The Hall–Kier alpha value is -1.03. The third-order valence-electron chi connectivity index (χ3n) is 1.88. The molecule has 1 aliphatic carbocycles. The second-order valence-corrected chi connectivity index (χ2v) is 2.32. The van der Waals surface area contributed by atoms with Gasteiger partial charge in [-0.25, -0.2) is 0 Å². The third-order valence-corrected chi connectivity index (χ3v) is 1.88. The van der Waals surface area contributed by atoms with Crippen LogP contribution in [0.5, 0.6) is 0 Å². The summed E-state index contributed by atoms with van der Waals surface area (Å²) in [5, 5.41) is 8.43. The summed E-state index contributed by atoms with van der Waals surface area (Å²) in [4.78, 5) is 0. The Balaban J connectivity index is 2.75. The van der Waals surface area contributed by atoms with Crippen molar-refractivity contribution in [3.63, 3.8) is 0 Å². The molecule has 1 nitrogen and oxygen atoms in total. The van der Waals surface area contributed by atoms with Crippen LogP contribution in [0.15, 0.2) is 23.8 Å². The van der Waals surface area contributed by atoms with Gasteiger partial charge in [-0.05, 0) is 13.3 Å². The van der Waals surface area contributed by atoms with Crippen molar-refractivity contribution in [3.05, 3.63) is 23.8 Å². The van der Waals surface area contributed by atoms with E-state index in [0.29, 0.717) is 5.92 Å². The van der Waals surface area contributed by atoms with Crippen molar-refractivity contribution in [2.24, 2.45) is 5.92 Å². The van der Waals surface area contributed by atoms with Gasteiger partial charge in [-0.3, -0.25) is 0 Å². The minimum absolute atomic E-state index is 0.486. The molecule has 46 valence electrons. The Labute approximate surface area is 55.3 Å². The van der Waals surface area contributed by atoms with Crippen LogP contribution in [0, 0.1) is 17.2 Å². The Bertz CT molecular complexity index is 205. The van der Waals surface area contributed by atoms with Crippen molar-refractivity contribution in [2.75, 3.05) is 0 Å². The quantitative estimate of drug-likeness (QED) is 0.484. The van der Waals surface area contributed by atoms with Gasteiger partial charge in [0, 0.05) is 11.5 Å². The van der Waals surface area contributed by atoms with E-state index >= 15 is 0 Å². The molecule has 0 heterocycles. The summed E-state index contributed by atoms with van der Waals surface area (Å²) in [5.74, 6) is 0.486. The van der Waals surface area contributed by atoms with E-state index in [2.05, 4.69) is 12.6 Å². The Kier molecular flexibility index (Phi) is 1.40. The van der Waals surface area contributed by atoms with Crippen molar-refractivity contribution in [3.8, 4) is 6.07 Å². The molecule has 0 spiro atoms. The minimum Gasteiger partial charge on any atom is -0.193 e. The smallest absolute Gasteiger partial charge is 0.0947 e. The number of nitriles is 1. The van der Waals surface area contributed by atoms with Gasteiger partial charge < -0.3 is 0 Å². The first-order valence-corrected chi connectivity index (χ1v) is 3.02. The van der Waals surface area contributed by atoms with E-state index in [1.165, 1.54) is 5.57 Å². The molecule has 1 heteroatoms. The summed E-state index contributed by atoms with van der Waals surface area (Å²) in [5.41, 5.74) is 2.15. The lowest BCUT2D eigenvalue weighted by Gasteiger charge is -2.23. The lowest BCUT2D eigenvalue weighted by Crippen LogP contribution is -2.12. The highest BCUT2D eigenvalue weighted by Gasteiger charge is 2.22. The van der Waals surface area contributed by atoms with Crippen LogP contribution < -0.4 is 0 Å². The zero-order valence-electron chi connectivity index (χ0n) is 5.52. The standard InChI is InChI=1S/C8H9N/c1-3-7-4-8(5-9)6(7)2/h3,7H,1,4H2,2H3. The van der Waals surface area contributed by atoms with Crippen LogP contribution in [0.3, 0.4) is 0 Å². The van der Waals surface area contributed by atoms with E-state index in [1.807, 2.05) is 13.0 Å². The molecule has 1 rings (SSSR count). The molecule has 0 bridgehead atoms. The molecular formula is C8H9N. The number of allylic oxidation sites excluding steroid dienone is 3. The molecule has 0 aromatic heterocycles. The van der Waals surface area contributed by atoms with Gasteiger partial charge in [0.2, 0.25) is 0 Å². The lowest BCUT2D eigenvalue weighted by molar-refractivity contribution is 0.666. The number of hydrogen-bond donors (Lipinski definition) is 0. The predicted octanol–water partition coefficient (Wildman–Crippen LogP) is 2.03. The molecule has 1 atom stereocenters. The highest BCUT2D eigenvalue weighted by Crippen LogP contribution is 2.33. The SMILES string of the molecule is C=CC1CC(C#N)=C1C. The fourth-order valence-corrected chi connectivity index (χ4v) is 1.02. The van der Waals surface area contributed by atoms with E-state index in [9.17, 15) is 0 Å². The van der Waals surface area contributed by atoms with Gasteiger partial charge in [-0.15, -0.1) is 6.58 Å². The fraction of sp³-hybridized carbons (Fsp3) is 0.375. The normalized spacial score (nSPS) is 24.7. The van der Waals surface area contributed by atoms with Gasteiger partial charge in [0.05, 0.1) is 6.07 Å². The molecule has 0 saturated carbocycles. The molecule has 0 saturated heterocycles. The van der Waals surface area contributed by atoms with Gasteiger partial charge in [0.1, 0.15) is 0 Å². The summed E-state index contributed by atoms with van der Waals surface area (Å²) >= 11 is 0. The molecule has 9 heavy (non-hydrogen) atoms. The van der Waals surface area contributed by atoms with E-state index < -0.39 is 0 Å². The first kappa shape index (κ1) is 6.10. The average Bonchev–Trinajstić information content (AvgIpc) is 1.87. The maximum atomic E-state index is 8.43. The molecule has 1 unspecified atom stereocenters. The molecule has 1 aliphatic rings. The molecule has 0 fully saturated rings. The van der Waals surface area contributed by atoms with Gasteiger partial charge in [-0.1, -0.05) is 11.6 Å². The Morgan fingerprint density at radius 2 is 2.56 bits per heavy atom. The van der Waals surface area contributed by atoms with E-state index in [1.54, 1.807) is 0 Å². The summed E-state index contributed by atoms with van der Waals surface area (Å²) in [6, 6.07) is 2.15. The first-order valence-electron chi connectivity index (χ1n) is 3.02. The van der Waals surface area contributed by atoms with Gasteiger partial charge in [-0.2, -0.15) is 5.26 Å². The summed E-state index contributed by atoms with van der Waals surface area (Å²) in [6.07, 6.45) is 2.81. The summed E-state index contributed by atoms with van der Waals surface area (Å²) in [7, 11) is 0. The lowest BCUT2D eigenvalue weighted by atomic mass is 9.79. The second-order valence-electron chi connectivity index (χ2n) is 2.32. The topological polar surface area (TPSA) is 23.8 Å². The van der Waals surface area contributed by atoms with Crippen molar-refractivity contribution in [1.29, 1.82) is 5.26 Å². The van der Waals surface area contributed by atoms with Gasteiger partial charge in [0.15, 0.2) is 0 Å². The number of rotatable bonds is 1. The highest BCUT2D eigenvalue weighted by atomic mass is 14.3. The third kappa shape index (κ3) is 0.768. The van der Waals surface area contributed by atoms with E-state index in [0.717, 1.165) is 12.0 Å². The van der Waals surface area contributed by atoms with Crippen LogP contribution in [0.2, 0.25) is 0 Å². The molecule has 0 radical (unpaired) electrons. The first-order chi connectivity index (χ1) is 4.29. The molecule has 0 aromatic rings. The zero-order chi connectivity index (χ0) is 6.85. The largest absolute Gasteiger partial charge is 0.193 e. The highest BCUT2D eigenvalue weighted by molar-refractivity contribution is 5.39. The second kappa shape index (κ2) is 2.06. The zero-order valence-corrected chi connectivity index (χ0v) is 5.52. The van der Waals surface area contributed by atoms with Crippen molar-refractivity contribution in [2.45, 2.75) is 13.3 Å². The minimum atomic E-state index is 0.486.